The monoisotopic (exact) mass is 431 g/mol. The van der Waals surface area contributed by atoms with E-state index in [9.17, 15) is 12.8 Å². The van der Waals surface area contributed by atoms with Gasteiger partial charge in [-0.1, -0.05) is 42.8 Å². The Morgan fingerprint density at radius 2 is 1.70 bits per heavy atom. The van der Waals surface area contributed by atoms with E-state index in [2.05, 4.69) is 6.08 Å². The van der Waals surface area contributed by atoms with E-state index in [0.29, 0.717) is 26.2 Å². The van der Waals surface area contributed by atoms with Crippen LogP contribution >= 0.6 is 0 Å². The fourth-order valence-corrected chi connectivity index (χ4v) is 5.61. The Kier molecular flexibility index (Phi) is 5.81. The zero-order valence-electron chi connectivity index (χ0n) is 17.2. The average molecular weight is 432 g/mol. The third kappa shape index (κ3) is 4.49. The average Bonchev–Trinajstić information content (AvgIpc) is 3.20. The number of nitrogens with zero attached hydrogens (tertiary/aromatic N) is 1. The molecule has 4 rings (SSSR count). The number of hydrogen-bond acceptors (Lipinski definition) is 4. The third-order valence-electron chi connectivity index (χ3n) is 5.60. The van der Waals surface area contributed by atoms with Crippen LogP contribution in [0, 0.1) is 18.2 Å². The molecule has 0 saturated carbocycles. The first-order valence-electron chi connectivity index (χ1n) is 10.0. The molecule has 0 N–H and O–H groups in total. The highest BCUT2D eigenvalue weighted by molar-refractivity contribution is 7.89. The Morgan fingerprint density at radius 1 is 1.07 bits per heavy atom. The molecular weight excluding hydrogens is 405 g/mol. The van der Waals surface area contributed by atoms with Gasteiger partial charge in [0.15, 0.2) is 6.29 Å². The van der Waals surface area contributed by atoms with Gasteiger partial charge in [-0.15, -0.1) is 0 Å². The topological polar surface area (TPSA) is 55.8 Å². The lowest BCUT2D eigenvalue weighted by atomic mass is 9.80. The number of benzene rings is 2. The third-order valence-corrected chi connectivity index (χ3v) is 7.41. The van der Waals surface area contributed by atoms with Gasteiger partial charge in [0.25, 0.3) is 0 Å². The summed E-state index contributed by atoms with van der Waals surface area (Å²) in [5, 5.41) is 0. The second-order valence-electron chi connectivity index (χ2n) is 8.29. The Labute approximate surface area is 177 Å². The van der Waals surface area contributed by atoms with Crippen LogP contribution in [0.15, 0.2) is 59.5 Å². The molecule has 2 aromatic carbocycles. The van der Waals surface area contributed by atoms with Gasteiger partial charge in [-0.25, -0.2) is 12.8 Å². The quantitative estimate of drug-likeness (QED) is 0.718. The van der Waals surface area contributed by atoms with Gasteiger partial charge in [0.1, 0.15) is 5.82 Å². The molecule has 0 radical (unpaired) electrons. The molecule has 0 bridgehead atoms. The van der Waals surface area contributed by atoms with E-state index in [1.54, 1.807) is 36.4 Å². The van der Waals surface area contributed by atoms with Crippen molar-refractivity contribution in [1.29, 1.82) is 0 Å². The summed E-state index contributed by atoms with van der Waals surface area (Å²) in [6.07, 6.45) is 2.27. The number of hydrogen-bond donors (Lipinski definition) is 0. The number of sulfonamides is 1. The summed E-state index contributed by atoms with van der Waals surface area (Å²) < 4.78 is 53.1. The van der Waals surface area contributed by atoms with Crippen LogP contribution in [0.25, 0.3) is 5.57 Å². The molecule has 1 fully saturated rings. The molecule has 0 aromatic heterocycles. The van der Waals surface area contributed by atoms with Crippen LogP contribution in [-0.2, 0) is 19.5 Å². The van der Waals surface area contributed by atoms with Gasteiger partial charge in [0.2, 0.25) is 10.0 Å². The van der Waals surface area contributed by atoms with Gasteiger partial charge >= 0.3 is 0 Å². The normalized spacial score (nSPS) is 23.5. The summed E-state index contributed by atoms with van der Waals surface area (Å²) in [7, 11) is -3.70. The van der Waals surface area contributed by atoms with Gasteiger partial charge in [-0.05, 0) is 42.3 Å². The number of halogens is 1. The van der Waals surface area contributed by atoms with Crippen LogP contribution in [0.5, 0.6) is 0 Å². The number of aryl methyl sites for hydroxylation is 1. The smallest absolute Gasteiger partial charge is 0.243 e. The van der Waals surface area contributed by atoms with Crippen molar-refractivity contribution in [2.45, 2.75) is 31.5 Å². The standard InChI is InChI=1S/C23H26FNO4S/c1-17-3-9-21(10-4-17)30(26,27)25-15-19(18-5-7-20(24)8-6-18)13-23(2,16-25)14-22-28-11-12-29-22/h3-10,13,22H,11-12,14-16H2,1-2H3/t23-/m1/s1. The maximum atomic E-state index is 13.4. The lowest BCUT2D eigenvalue weighted by Crippen LogP contribution is -2.44. The minimum atomic E-state index is -3.70. The van der Waals surface area contributed by atoms with E-state index < -0.39 is 15.4 Å². The predicted octanol–water partition coefficient (Wildman–Crippen LogP) is 3.99. The minimum absolute atomic E-state index is 0.226. The molecule has 2 aliphatic rings. The molecule has 2 heterocycles. The van der Waals surface area contributed by atoms with Gasteiger partial charge in [-0.2, -0.15) is 4.31 Å². The van der Waals surface area contributed by atoms with Crippen LogP contribution in [0.1, 0.15) is 24.5 Å². The Morgan fingerprint density at radius 3 is 2.33 bits per heavy atom. The molecule has 160 valence electrons. The molecule has 0 amide bonds. The van der Waals surface area contributed by atoms with Crippen LogP contribution in [0.3, 0.4) is 0 Å². The molecule has 0 unspecified atom stereocenters. The van der Waals surface area contributed by atoms with Crippen molar-refractivity contribution in [3.63, 3.8) is 0 Å². The molecule has 30 heavy (non-hydrogen) atoms. The summed E-state index contributed by atoms with van der Waals surface area (Å²) in [6, 6.07) is 13.0. The van der Waals surface area contributed by atoms with E-state index in [4.69, 9.17) is 9.47 Å². The molecule has 2 aromatic rings. The van der Waals surface area contributed by atoms with Crippen molar-refractivity contribution in [1.82, 2.24) is 4.31 Å². The summed E-state index contributed by atoms with van der Waals surface area (Å²) in [4.78, 5) is 0.268. The first kappa shape index (κ1) is 21.2. The van der Waals surface area contributed by atoms with E-state index in [-0.39, 0.29) is 23.5 Å². The summed E-state index contributed by atoms with van der Waals surface area (Å²) in [6.45, 7) is 5.56. The van der Waals surface area contributed by atoms with Crippen molar-refractivity contribution < 1.29 is 22.3 Å². The Hall–Kier alpha value is -2.06. The molecule has 2 aliphatic heterocycles. The van der Waals surface area contributed by atoms with Gasteiger partial charge in [0.05, 0.1) is 18.1 Å². The van der Waals surface area contributed by atoms with Crippen LogP contribution < -0.4 is 0 Å². The highest BCUT2D eigenvalue weighted by Gasteiger charge is 2.39. The highest BCUT2D eigenvalue weighted by atomic mass is 32.2. The lowest BCUT2D eigenvalue weighted by molar-refractivity contribution is -0.0658. The highest BCUT2D eigenvalue weighted by Crippen LogP contribution is 2.38. The Balaban J connectivity index is 1.70. The molecular formula is C23H26FNO4S. The summed E-state index contributed by atoms with van der Waals surface area (Å²) in [5.41, 5.74) is 2.16. The first-order valence-corrected chi connectivity index (χ1v) is 11.5. The zero-order chi connectivity index (χ0) is 21.4. The largest absolute Gasteiger partial charge is 0.350 e. The molecule has 0 spiro atoms. The van der Waals surface area contributed by atoms with Crippen molar-refractivity contribution >= 4 is 15.6 Å². The minimum Gasteiger partial charge on any atom is -0.350 e. The molecule has 1 saturated heterocycles. The molecule has 0 aliphatic carbocycles. The maximum Gasteiger partial charge on any atom is 0.243 e. The number of rotatable bonds is 5. The second kappa shape index (κ2) is 8.23. The van der Waals surface area contributed by atoms with Crippen molar-refractivity contribution in [3.8, 4) is 0 Å². The number of ether oxygens (including phenoxy) is 2. The fourth-order valence-electron chi connectivity index (χ4n) is 4.06. The van der Waals surface area contributed by atoms with Crippen molar-refractivity contribution in [2.24, 2.45) is 5.41 Å². The van der Waals surface area contributed by atoms with Gasteiger partial charge in [0, 0.05) is 24.9 Å². The second-order valence-corrected chi connectivity index (χ2v) is 10.2. The van der Waals surface area contributed by atoms with E-state index in [1.807, 2.05) is 13.8 Å². The van der Waals surface area contributed by atoms with Crippen molar-refractivity contribution in [3.05, 3.63) is 71.6 Å². The SMILES string of the molecule is Cc1ccc(S(=O)(=O)N2CC(c3ccc(F)cc3)=C[C@](C)(CC3OCCO3)C2)cc1. The molecule has 5 nitrogen and oxygen atoms in total. The van der Waals surface area contributed by atoms with Gasteiger partial charge < -0.3 is 9.47 Å². The van der Waals surface area contributed by atoms with E-state index in [0.717, 1.165) is 16.7 Å². The maximum absolute atomic E-state index is 13.4. The van der Waals surface area contributed by atoms with E-state index in [1.165, 1.54) is 16.4 Å². The van der Waals surface area contributed by atoms with Crippen LogP contribution in [0.4, 0.5) is 4.39 Å². The van der Waals surface area contributed by atoms with Crippen LogP contribution in [-0.4, -0.2) is 45.3 Å². The molecule has 1 atom stereocenters. The summed E-state index contributed by atoms with van der Waals surface area (Å²) >= 11 is 0. The molecule has 7 heteroatoms. The van der Waals surface area contributed by atoms with E-state index >= 15 is 0 Å². The Bertz CT molecular complexity index is 1030. The zero-order valence-corrected chi connectivity index (χ0v) is 18.0. The lowest BCUT2D eigenvalue weighted by Gasteiger charge is -2.39. The predicted molar refractivity (Wildman–Crippen MR) is 113 cm³/mol. The summed E-state index contributed by atoms with van der Waals surface area (Å²) in [5.74, 6) is -0.324. The van der Waals surface area contributed by atoms with Crippen LogP contribution in [0.2, 0.25) is 0 Å². The fraction of sp³-hybridized carbons (Fsp3) is 0.391. The van der Waals surface area contributed by atoms with Gasteiger partial charge in [-0.3, -0.25) is 0 Å². The first-order chi connectivity index (χ1) is 14.2. The van der Waals surface area contributed by atoms with Crippen molar-refractivity contribution in [2.75, 3.05) is 26.3 Å².